The third-order valence-electron chi connectivity index (χ3n) is 3.32. The van der Waals surface area contributed by atoms with Gasteiger partial charge in [-0.15, -0.1) is 0 Å². The lowest BCUT2D eigenvalue weighted by atomic mass is 10.2. The van der Waals surface area contributed by atoms with Crippen LogP contribution in [-0.2, 0) is 10.0 Å². The summed E-state index contributed by atoms with van der Waals surface area (Å²) in [4.78, 5) is 4.10. The predicted molar refractivity (Wildman–Crippen MR) is 82.1 cm³/mol. The molecule has 0 aliphatic heterocycles. The van der Waals surface area contributed by atoms with E-state index in [0.717, 1.165) is 12.8 Å². The molecule has 1 aromatic rings. The van der Waals surface area contributed by atoms with Crippen molar-refractivity contribution in [2.24, 2.45) is 0 Å². The highest BCUT2D eigenvalue weighted by Gasteiger charge is 2.26. The monoisotopic (exact) mass is 310 g/mol. The molecule has 0 saturated heterocycles. The van der Waals surface area contributed by atoms with E-state index in [4.69, 9.17) is 5.11 Å². The number of aliphatic hydroxyl groups is 1. The topological polar surface area (TPSA) is 70.5 Å². The molecule has 0 spiro atoms. The highest BCUT2D eigenvalue weighted by Crippen LogP contribution is 2.19. The lowest BCUT2D eigenvalue weighted by Gasteiger charge is -2.25. The molecule has 1 heterocycles. The standard InChI is InChI=1S/C15H22N2O3S/c1-4-14(5-2)17(3)21(19,20)15-10-13(11-16-12-15)8-6-7-9-18/h10-12,14,18H,4-5,7,9H2,1-3H3. The zero-order valence-electron chi connectivity index (χ0n) is 12.7. The maximum absolute atomic E-state index is 12.6. The smallest absolute Gasteiger partial charge is 0.244 e. The summed E-state index contributed by atoms with van der Waals surface area (Å²) >= 11 is 0. The molecule has 0 unspecified atom stereocenters. The highest BCUT2D eigenvalue weighted by molar-refractivity contribution is 7.89. The number of rotatable bonds is 6. The van der Waals surface area contributed by atoms with Crippen LogP contribution in [0.15, 0.2) is 23.4 Å². The Kier molecular flexibility index (Phi) is 6.82. The molecule has 0 amide bonds. The fraction of sp³-hybridized carbons (Fsp3) is 0.533. The Morgan fingerprint density at radius 2 is 2.00 bits per heavy atom. The molecular formula is C15H22N2O3S. The van der Waals surface area contributed by atoms with Crippen molar-refractivity contribution in [1.82, 2.24) is 9.29 Å². The van der Waals surface area contributed by atoms with Crippen LogP contribution < -0.4 is 0 Å². The number of sulfonamides is 1. The highest BCUT2D eigenvalue weighted by atomic mass is 32.2. The Hall–Kier alpha value is -1.42. The Bertz CT molecular complexity index is 613. The van der Waals surface area contributed by atoms with Crippen LogP contribution in [0.3, 0.4) is 0 Å². The molecule has 1 aromatic heterocycles. The van der Waals surface area contributed by atoms with Crippen molar-refractivity contribution in [3.05, 3.63) is 24.0 Å². The molecule has 0 aliphatic rings. The molecule has 0 radical (unpaired) electrons. The predicted octanol–water partition coefficient (Wildman–Crippen LogP) is 1.62. The maximum Gasteiger partial charge on any atom is 0.244 e. The minimum atomic E-state index is -3.56. The quantitative estimate of drug-likeness (QED) is 0.811. The van der Waals surface area contributed by atoms with Crippen molar-refractivity contribution in [3.8, 4) is 11.8 Å². The number of aromatic nitrogens is 1. The van der Waals surface area contributed by atoms with E-state index in [9.17, 15) is 8.42 Å². The molecule has 0 bridgehead atoms. The van der Waals surface area contributed by atoms with E-state index in [1.54, 1.807) is 7.05 Å². The third kappa shape index (κ3) is 4.53. The minimum Gasteiger partial charge on any atom is -0.395 e. The van der Waals surface area contributed by atoms with Gasteiger partial charge in [-0.2, -0.15) is 4.31 Å². The van der Waals surface area contributed by atoms with Gasteiger partial charge in [0.05, 0.1) is 6.61 Å². The van der Waals surface area contributed by atoms with Gasteiger partial charge in [-0.05, 0) is 18.9 Å². The van der Waals surface area contributed by atoms with Crippen LogP contribution in [-0.4, -0.2) is 42.5 Å². The summed E-state index contributed by atoms with van der Waals surface area (Å²) < 4.78 is 26.5. The van der Waals surface area contributed by atoms with Crippen LogP contribution in [0.2, 0.25) is 0 Å². The summed E-state index contributed by atoms with van der Waals surface area (Å²) in [7, 11) is -1.97. The lowest BCUT2D eigenvalue weighted by molar-refractivity contribution is 0.305. The van der Waals surface area contributed by atoms with Gasteiger partial charge in [-0.3, -0.25) is 4.98 Å². The summed E-state index contributed by atoms with van der Waals surface area (Å²) in [5.41, 5.74) is 0.530. The molecule has 5 nitrogen and oxygen atoms in total. The van der Waals surface area contributed by atoms with Crippen LogP contribution in [0.1, 0.15) is 38.7 Å². The molecule has 1 rings (SSSR count). The Morgan fingerprint density at radius 1 is 1.33 bits per heavy atom. The first-order valence-corrected chi connectivity index (χ1v) is 8.44. The van der Waals surface area contributed by atoms with Gasteiger partial charge in [0.1, 0.15) is 4.90 Å². The first-order chi connectivity index (χ1) is 9.97. The second kappa shape index (κ2) is 8.13. The largest absolute Gasteiger partial charge is 0.395 e. The molecule has 116 valence electrons. The Balaban J connectivity index is 3.10. The van der Waals surface area contributed by atoms with E-state index in [1.807, 2.05) is 13.8 Å². The summed E-state index contributed by atoms with van der Waals surface area (Å²) in [6, 6.07) is 1.49. The van der Waals surface area contributed by atoms with Gasteiger partial charge in [0.25, 0.3) is 0 Å². The Labute approximate surface area is 127 Å². The van der Waals surface area contributed by atoms with Gasteiger partial charge < -0.3 is 5.11 Å². The first-order valence-electron chi connectivity index (χ1n) is 7.00. The molecule has 0 atom stereocenters. The number of nitrogens with zero attached hydrogens (tertiary/aromatic N) is 2. The van der Waals surface area contributed by atoms with Crippen molar-refractivity contribution in [3.63, 3.8) is 0 Å². The fourth-order valence-corrected chi connectivity index (χ4v) is 3.51. The van der Waals surface area contributed by atoms with Crippen LogP contribution in [0, 0.1) is 11.8 Å². The minimum absolute atomic E-state index is 0.0180. The van der Waals surface area contributed by atoms with Crippen molar-refractivity contribution in [1.29, 1.82) is 0 Å². The summed E-state index contributed by atoms with van der Waals surface area (Å²) in [5, 5.41) is 8.70. The fourth-order valence-electron chi connectivity index (χ4n) is 2.01. The molecule has 0 fully saturated rings. The molecule has 0 aromatic carbocycles. The summed E-state index contributed by atoms with van der Waals surface area (Å²) in [6.07, 6.45) is 4.72. The molecular weight excluding hydrogens is 288 g/mol. The first kappa shape index (κ1) is 17.6. The second-order valence-corrected chi connectivity index (χ2v) is 6.67. The van der Waals surface area contributed by atoms with Crippen LogP contribution in [0.4, 0.5) is 0 Å². The average Bonchev–Trinajstić information content (AvgIpc) is 2.49. The number of hydrogen-bond donors (Lipinski definition) is 1. The molecule has 6 heteroatoms. The van der Waals surface area contributed by atoms with E-state index in [0.29, 0.717) is 12.0 Å². The Morgan fingerprint density at radius 3 is 2.57 bits per heavy atom. The van der Waals surface area contributed by atoms with Gasteiger partial charge in [-0.25, -0.2) is 8.42 Å². The van der Waals surface area contributed by atoms with Crippen molar-refractivity contribution in [2.45, 2.75) is 44.0 Å². The maximum atomic E-state index is 12.6. The average molecular weight is 310 g/mol. The normalized spacial score (nSPS) is 11.5. The van der Waals surface area contributed by atoms with E-state index >= 15 is 0 Å². The van der Waals surface area contributed by atoms with Crippen LogP contribution in [0.25, 0.3) is 0 Å². The number of pyridine rings is 1. The molecule has 0 saturated carbocycles. The summed E-state index contributed by atoms with van der Waals surface area (Å²) in [5.74, 6) is 5.55. The molecule has 1 N–H and O–H groups in total. The van der Waals surface area contributed by atoms with E-state index in [2.05, 4.69) is 16.8 Å². The third-order valence-corrected chi connectivity index (χ3v) is 5.19. The molecule has 0 aliphatic carbocycles. The zero-order chi connectivity index (χ0) is 15.9. The van der Waals surface area contributed by atoms with Crippen LogP contribution >= 0.6 is 0 Å². The SMILES string of the molecule is CCC(CC)N(C)S(=O)(=O)c1cncc(C#CCCO)c1. The van der Waals surface area contributed by atoms with E-state index in [1.165, 1.54) is 22.8 Å². The zero-order valence-corrected chi connectivity index (χ0v) is 13.5. The van der Waals surface area contributed by atoms with Crippen LogP contribution in [0.5, 0.6) is 0 Å². The van der Waals surface area contributed by atoms with Gasteiger partial charge in [-0.1, -0.05) is 25.7 Å². The molecule has 21 heavy (non-hydrogen) atoms. The van der Waals surface area contributed by atoms with Crippen molar-refractivity contribution >= 4 is 10.0 Å². The van der Waals surface area contributed by atoms with Gasteiger partial charge in [0.15, 0.2) is 0 Å². The van der Waals surface area contributed by atoms with Crippen molar-refractivity contribution in [2.75, 3.05) is 13.7 Å². The summed E-state index contributed by atoms with van der Waals surface area (Å²) in [6.45, 7) is 3.92. The second-order valence-electron chi connectivity index (χ2n) is 4.68. The van der Waals surface area contributed by atoms with Gasteiger partial charge in [0.2, 0.25) is 10.0 Å². The van der Waals surface area contributed by atoms with Crippen molar-refractivity contribution < 1.29 is 13.5 Å². The number of hydrogen-bond acceptors (Lipinski definition) is 4. The van der Waals surface area contributed by atoms with E-state index in [-0.39, 0.29) is 17.5 Å². The number of aliphatic hydroxyl groups excluding tert-OH is 1. The van der Waals surface area contributed by atoms with E-state index < -0.39 is 10.0 Å². The lowest BCUT2D eigenvalue weighted by Crippen LogP contribution is -2.36. The van der Waals surface area contributed by atoms with Gasteiger partial charge in [0, 0.05) is 37.5 Å². The van der Waals surface area contributed by atoms with Gasteiger partial charge >= 0.3 is 0 Å².